The van der Waals surface area contributed by atoms with Crippen LogP contribution in [0.3, 0.4) is 0 Å². The second-order valence-electron chi connectivity index (χ2n) is 2.95. The van der Waals surface area contributed by atoms with Crippen molar-refractivity contribution in [2.75, 3.05) is 13.2 Å². The third-order valence-electron chi connectivity index (χ3n) is 1.74. The highest BCUT2D eigenvalue weighted by atomic mass is 19.1. The first-order valence-corrected chi connectivity index (χ1v) is 4.94. The maximum atomic E-state index is 12.6. The summed E-state index contributed by atoms with van der Waals surface area (Å²) in [5.41, 5.74) is 0.842. The molecule has 0 heterocycles. The lowest BCUT2D eigenvalue weighted by Gasteiger charge is -2.00. The molecule has 1 rings (SSSR count). The molecule has 0 N–H and O–H groups in total. The Hall–Kier alpha value is -1.84. The molecule has 0 aromatic heterocycles. The topological polar surface area (TPSA) is 35.5 Å². The van der Waals surface area contributed by atoms with Crippen LogP contribution in [-0.2, 0) is 9.47 Å². The molecule has 1 aromatic carbocycles. The van der Waals surface area contributed by atoms with Gasteiger partial charge in [-0.15, -0.1) is 0 Å². The van der Waals surface area contributed by atoms with Crippen molar-refractivity contribution in [2.45, 2.75) is 6.92 Å². The number of carbonyl (C=O) groups is 1. The number of rotatable bonds is 4. The quantitative estimate of drug-likeness (QED) is 0.737. The maximum Gasteiger partial charge on any atom is 0.508 e. The summed E-state index contributed by atoms with van der Waals surface area (Å²) >= 11 is 0. The standard InChI is InChI=1S/C12H13FO3/c1-2-15-12(14)16-9-3-4-10-5-7-11(13)8-6-10/h3-8H,2,9H2,1H3/b4-3+. The summed E-state index contributed by atoms with van der Waals surface area (Å²) in [5.74, 6) is -0.278. The van der Waals surface area contributed by atoms with Crippen molar-refractivity contribution in [3.05, 3.63) is 41.7 Å². The summed E-state index contributed by atoms with van der Waals surface area (Å²) < 4.78 is 21.8. The van der Waals surface area contributed by atoms with Gasteiger partial charge in [0.05, 0.1) is 6.61 Å². The van der Waals surface area contributed by atoms with Crippen LogP contribution in [-0.4, -0.2) is 19.4 Å². The lowest BCUT2D eigenvalue weighted by atomic mass is 10.2. The number of ether oxygens (including phenoxy) is 2. The molecule has 16 heavy (non-hydrogen) atoms. The van der Waals surface area contributed by atoms with E-state index < -0.39 is 6.16 Å². The molecule has 0 bridgehead atoms. The molecule has 4 heteroatoms. The molecular formula is C12H13FO3. The van der Waals surface area contributed by atoms with Gasteiger partial charge in [-0.05, 0) is 30.7 Å². The minimum absolute atomic E-state index is 0.135. The smallest absolute Gasteiger partial charge is 0.435 e. The van der Waals surface area contributed by atoms with E-state index in [9.17, 15) is 9.18 Å². The van der Waals surface area contributed by atoms with Crippen molar-refractivity contribution in [3.8, 4) is 0 Å². The Morgan fingerprint density at radius 1 is 1.31 bits per heavy atom. The first kappa shape index (κ1) is 12.2. The Labute approximate surface area is 93.5 Å². The van der Waals surface area contributed by atoms with Gasteiger partial charge in [-0.2, -0.15) is 0 Å². The molecule has 0 unspecified atom stereocenters. The third-order valence-corrected chi connectivity index (χ3v) is 1.74. The number of halogens is 1. The molecule has 0 atom stereocenters. The molecule has 0 radical (unpaired) electrons. The monoisotopic (exact) mass is 224 g/mol. The van der Waals surface area contributed by atoms with Crippen LogP contribution in [0.5, 0.6) is 0 Å². The summed E-state index contributed by atoms with van der Waals surface area (Å²) in [7, 11) is 0. The molecule has 0 aliphatic carbocycles. The van der Waals surface area contributed by atoms with Crippen LogP contribution in [0.15, 0.2) is 30.3 Å². The van der Waals surface area contributed by atoms with Gasteiger partial charge in [-0.3, -0.25) is 0 Å². The molecule has 1 aromatic rings. The van der Waals surface area contributed by atoms with E-state index in [0.29, 0.717) is 6.61 Å². The predicted molar refractivity (Wildman–Crippen MR) is 58.4 cm³/mol. The molecule has 0 aliphatic heterocycles. The summed E-state index contributed by atoms with van der Waals surface area (Å²) in [6.07, 6.45) is 2.70. The first-order valence-electron chi connectivity index (χ1n) is 4.94. The zero-order chi connectivity index (χ0) is 11.8. The second-order valence-corrected chi connectivity index (χ2v) is 2.95. The van der Waals surface area contributed by atoms with E-state index in [4.69, 9.17) is 4.74 Å². The predicted octanol–water partition coefficient (Wildman–Crippen LogP) is 3.01. The van der Waals surface area contributed by atoms with Gasteiger partial charge in [-0.25, -0.2) is 9.18 Å². The highest BCUT2D eigenvalue weighted by Gasteiger charge is 1.98. The van der Waals surface area contributed by atoms with E-state index in [-0.39, 0.29) is 12.4 Å². The van der Waals surface area contributed by atoms with Crippen molar-refractivity contribution in [1.29, 1.82) is 0 Å². The van der Waals surface area contributed by atoms with Crippen molar-refractivity contribution in [1.82, 2.24) is 0 Å². The van der Waals surface area contributed by atoms with Gasteiger partial charge in [0.25, 0.3) is 0 Å². The van der Waals surface area contributed by atoms with Crippen LogP contribution in [0.25, 0.3) is 6.08 Å². The largest absolute Gasteiger partial charge is 0.508 e. The molecule has 0 fully saturated rings. The Morgan fingerprint density at radius 2 is 2.00 bits per heavy atom. The van der Waals surface area contributed by atoms with Gasteiger partial charge in [0.15, 0.2) is 0 Å². The van der Waals surface area contributed by atoms with Gasteiger partial charge < -0.3 is 9.47 Å². The van der Waals surface area contributed by atoms with Gasteiger partial charge in [0, 0.05) is 0 Å². The molecule has 0 saturated carbocycles. The van der Waals surface area contributed by atoms with Crippen LogP contribution in [0.2, 0.25) is 0 Å². The van der Waals surface area contributed by atoms with E-state index in [1.165, 1.54) is 12.1 Å². The molecule has 86 valence electrons. The van der Waals surface area contributed by atoms with Crippen LogP contribution >= 0.6 is 0 Å². The van der Waals surface area contributed by atoms with E-state index in [1.807, 2.05) is 0 Å². The number of benzene rings is 1. The minimum atomic E-state index is -0.689. The normalized spacial score (nSPS) is 10.4. The number of hydrogen-bond acceptors (Lipinski definition) is 3. The summed E-state index contributed by atoms with van der Waals surface area (Å²) in [6.45, 7) is 2.13. The SMILES string of the molecule is CCOC(=O)OC/C=C/c1ccc(F)cc1. The molecule has 0 aliphatic rings. The fourth-order valence-electron chi connectivity index (χ4n) is 1.03. The van der Waals surface area contributed by atoms with Gasteiger partial charge in [0.1, 0.15) is 12.4 Å². The Kier molecular flexibility index (Phi) is 5.05. The van der Waals surface area contributed by atoms with Crippen molar-refractivity contribution in [2.24, 2.45) is 0 Å². The Balaban J connectivity index is 2.32. The van der Waals surface area contributed by atoms with E-state index in [2.05, 4.69) is 4.74 Å². The molecular weight excluding hydrogens is 211 g/mol. The third kappa shape index (κ3) is 4.59. The van der Waals surface area contributed by atoms with Crippen molar-refractivity contribution < 1.29 is 18.7 Å². The second kappa shape index (κ2) is 6.61. The molecule has 3 nitrogen and oxygen atoms in total. The first-order chi connectivity index (χ1) is 7.72. The van der Waals surface area contributed by atoms with E-state index in [1.54, 1.807) is 31.2 Å². The van der Waals surface area contributed by atoms with Crippen LogP contribution < -0.4 is 0 Å². The van der Waals surface area contributed by atoms with Gasteiger partial charge >= 0.3 is 6.16 Å². The summed E-state index contributed by atoms with van der Waals surface area (Å²) in [4.78, 5) is 10.8. The number of carbonyl (C=O) groups excluding carboxylic acids is 1. The van der Waals surface area contributed by atoms with Crippen molar-refractivity contribution >= 4 is 12.2 Å². The summed E-state index contributed by atoms with van der Waals surface area (Å²) in [5, 5.41) is 0. The van der Waals surface area contributed by atoms with Crippen LogP contribution in [0.1, 0.15) is 12.5 Å². The zero-order valence-corrected chi connectivity index (χ0v) is 8.98. The Morgan fingerprint density at radius 3 is 2.62 bits per heavy atom. The van der Waals surface area contributed by atoms with Gasteiger partial charge in [-0.1, -0.05) is 18.2 Å². The van der Waals surface area contributed by atoms with E-state index >= 15 is 0 Å². The summed E-state index contributed by atoms with van der Waals surface area (Å²) in [6, 6.07) is 6.00. The molecule has 0 amide bonds. The molecule has 0 spiro atoms. The average molecular weight is 224 g/mol. The Bertz CT molecular complexity index is 357. The van der Waals surface area contributed by atoms with E-state index in [0.717, 1.165) is 5.56 Å². The maximum absolute atomic E-state index is 12.6. The lowest BCUT2D eigenvalue weighted by molar-refractivity contribution is 0.0674. The van der Waals surface area contributed by atoms with Gasteiger partial charge in [0.2, 0.25) is 0 Å². The molecule has 0 saturated heterocycles. The lowest BCUT2D eigenvalue weighted by Crippen LogP contribution is -2.06. The highest BCUT2D eigenvalue weighted by Crippen LogP contribution is 2.04. The number of hydrogen-bond donors (Lipinski definition) is 0. The fraction of sp³-hybridized carbons (Fsp3) is 0.250. The highest BCUT2D eigenvalue weighted by molar-refractivity contribution is 5.60. The van der Waals surface area contributed by atoms with Crippen LogP contribution in [0, 0.1) is 5.82 Å². The minimum Gasteiger partial charge on any atom is -0.435 e. The average Bonchev–Trinajstić information content (AvgIpc) is 2.27. The van der Waals surface area contributed by atoms with Crippen molar-refractivity contribution in [3.63, 3.8) is 0 Å². The van der Waals surface area contributed by atoms with Crippen LogP contribution in [0.4, 0.5) is 9.18 Å². The zero-order valence-electron chi connectivity index (χ0n) is 8.98. The fourth-order valence-corrected chi connectivity index (χ4v) is 1.03.